The molecule has 0 radical (unpaired) electrons. The van der Waals surface area contributed by atoms with Gasteiger partial charge in [0.1, 0.15) is 5.00 Å². The highest BCUT2D eigenvalue weighted by molar-refractivity contribution is 7.17. The molecule has 0 saturated heterocycles. The Bertz CT molecular complexity index is 800. The maximum atomic E-state index is 12.9. The molecule has 27 heavy (non-hydrogen) atoms. The number of hydrogen-bond acceptors (Lipinski definition) is 5. The molecule has 0 fully saturated rings. The first kappa shape index (κ1) is 19.9. The minimum absolute atomic E-state index is 0.185. The summed E-state index contributed by atoms with van der Waals surface area (Å²) < 4.78 is 5.19. The molecule has 1 aromatic heterocycles. The average Bonchev–Trinajstić information content (AvgIpc) is 2.99. The predicted molar refractivity (Wildman–Crippen MR) is 103 cm³/mol. The van der Waals surface area contributed by atoms with E-state index >= 15 is 0 Å². The number of thiophene rings is 1. The molecule has 1 amide bonds. The highest BCUT2D eigenvalue weighted by atomic mass is 35.5. The van der Waals surface area contributed by atoms with E-state index in [-0.39, 0.29) is 19.4 Å². The molecule has 2 N–H and O–H groups in total. The van der Waals surface area contributed by atoms with Crippen molar-refractivity contribution >= 4 is 45.8 Å². The first-order valence-electron chi connectivity index (χ1n) is 9.12. The van der Waals surface area contributed by atoms with Crippen molar-refractivity contribution < 1.29 is 24.2 Å². The number of ether oxygens (including phenoxy) is 1. The number of esters is 1. The van der Waals surface area contributed by atoms with Gasteiger partial charge in [0, 0.05) is 9.91 Å². The third-order valence-corrected chi connectivity index (χ3v) is 6.55. The van der Waals surface area contributed by atoms with E-state index in [9.17, 15) is 19.5 Å². The van der Waals surface area contributed by atoms with Gasteiger partial charge >= 0.3 is 11.9 Å². The third kappa shape index (κ3) is 4.19. The van der Waals surface area contributed by atoms with Gasteiger partial charge in [-0.1, -0.05) is 17.7 Å². The van der Waals surface area contributed by atoms with Gasteiger partial charge in [-0.25, -0.2) is 4.79 Å². The van der Waals surface area contributed by atoms with Gasteiger partial charge in [0.25, 0.3) is 0 Å². The summed E-state index contributed by atoms with van der Waals surface area (Å²) in [6.45, 7) is 1.99. The van der Waals surface area contributed by atoms with Gasteiger partial charge in [-0.15, -0.1) is 11.3 Å². The van der Waals surface area contributed by atoms with Crippen LogP contribution in [0.4, 0.5) is 5.00 Å². The topological polar surface area (TPSA) is 92.7 Å². The lowest BCUT2D eigenvalue weighted by atomic mass is 9.82. The van der Waals surface area contributed by atoms with E-state index < -0.39 is 29.7 Å². The van der Waals surface area contributed by atoms with E-state index in [1.807, 2.05) is 0 Å². The second-order valence-corrected chi connectivity index (χ2v) is 8.36. The number of anilines is 1. The molecule has 2 aliphatic carbocycles. The Hall–Kier alpha value is -1.86. The molecule has 1 heterocycles. The lowest BCUT2D eigenvalue weighted by Gasteiger charge is -2.25. The fourth-order valence-electron chi connectivity index (χ4n) is 3.68. The molecule has 0 saturated carbocycles. The van der Waals surface area contributed by atoms with Gasteiger partial charge in [-0.3, -0.25) is 9.59 Å². The standard InChI is InChI=1S/C19H22ClNO5S/c1-2-26-19(25)15-12-5-3-4-6-14(12)27-17(15)21-16(22)13-9-10(20)7-8-11(13)18(23)24/h7,11,13H,2-6,8-9H2,1H3,(H,21,22)(H,23,24)/t11-,13+/m0/s1. The zero-order valence-corrected chi connectivity index (χ0v) is 16.6. The van der Waals surface area contributed by atoms with Crippen LogP contribution in [-0.2, 0) is 27.2 Å². The summed E-state index contributed by atoms with van der Waals surface area (Å²) in [4.78, 5) is 38.0. The van der Waals surface area contributed by atoms with Gasteiger partial charge in [0.15, 0.2) is 0 Å². The molecule has 2 atom stereocenters. The van der Waals surface area contributed by atoms with E-state index in [2.05, 4.69) is 5.32 Å². The number of carbonyl (C=O) groups is 3. The SMILES string of the molecule is CCOC(=O)c1c(NC(=O)[C@@H]2CC(Cl)=CC[C@@H]2C(=O)O)sc2c1CCCC2. The lowest BCUT2D eigenvalue weighted by Crippen LogP contribution is -2.35. The Kier molecular flexibility index (Phi) is 6.22. The van der Waals surface area contributed by atoms with Crippen molar-refractivity contribution in [3.05, 3.63) is 27.1 Å². The maximum Gasteiger partial charge on any atom is 0.341 e. The molecule has 2 aliphatic rings. The summed E-state index contributed by atoms with van der Waals surface area (Å²) in [5.41, 5.74) is 1.38. The Labute approximate surface area is 166 Å². The molecule has 8 heteroatoms. The fraction of sp³-hybridized carbons (Fsp3) is 0.526. The summed E-state index contributed by atoms with van der Waals surface area (Å²) in [7, 11) is 0. The number of hydrogen-bond donors (Lipinski definition) is 2. The van der Waals surface area contributed by atoms with Crippen LogP contribution in [0.2, 0.25) is 0 Å². The van der Waals surface area contributed by atoms with Crippen LogP contribution < -0.4 is 5.32 Å². The summed E-state index contributed by atoms with van der Waals surface area (Å²) >= 11 is 7.44. The number of nitrogens with one attached hydrogen (secondary N) is 1. The van der Waals surface area contributed by atoms with Crippen molar-refractivity contribution in [2.45, 2.75) is 45.4 Å². The van der Waals surface area contributed by atoms with Crippen molar-refractivity contribution in [1.29, 1.82) is 0 Å². The summed E-state index contributed by atoms with van der Waals surface area (Å²) in [5.74, 6) is -3.48. The second-order valence-electron chi connectivity index (χ2n) is 6.77. The first-order chi connectivity index (χ1) is 12.9. The van der Waals surface area contributed by atoms with Crippen LogP contribution in [0.5, 0.6) is 0 Å². The number of rotatable bonds is 5. The first-order valence-corrected chi connectivity index (χ1v) is 10.3. The Morgan fingerprint density at radius 2 is 2.04 bits per heavy atom. The van der Waals surface area contributed by atoms with Crippen molar-refractivity contribution in [3.8, 4) is 0 Å². The monoisotopic (exact) mass is 411 g/mol. The van der Waals surface area contributed by atoms with Crippen LogP contribution in [0.1, 0.15) is 53.4 Å². The van der Waals surface area contributed by atoms with E-state index in [4.69, 9.17) is 16.3 Å². The molecular formula is C19H22ClNO5S. The maximum absolute atomic E-state index is 12.9. The molecule has 0 bridgehead atoms. The number of halogens is 1. The number of carboxylic acids is 1. The summed E-state index contributed by atoms with van der Waals surface area (Å²) in [6, 6.07) is 0. The zero-order chi connectivity index (χ0) is 19.6. The number of carboxylic acid groups (broad SMARTS) is 1. The summed E-state index contributed by atoms with van der Waals surface area (Å²) in [6.07, 6.45) is 5.75. The van der Waals surface area contributed by atoms with Gasteiger partial charge in [0.2, 0.25) is 5.91 Å². The number of fused-ring (bicyclic) bond motifs is 1. The molecule has 0 spiro atoms. The van der Waals surface area contributed by atoms with Crippen LogP contribution >= 0.6 is 22.9 Å². The molecule has 146 valence electrons. The van der Waals surface area contributed by atoms with Crippen LogP contribution in [0.3, 0.4) is 0 Å². The largest absolute Gasteiger partial charge is 0.481 e. The number of carbonyl (C=O) groups excluding carboxylic acids is 2. The van der Waals surface area contributed by atoms with Crippen molar-refractivity contribution in [3.63, 3.8) is 0 Å². The van der Waals surface area contributed by atoms with E-state index in [1.54, 1.807) is 13.0 Å². The van der Waals surface area contributed by atoms with Crippen molar-refractivity contribution in [2.24, 2.45) is 11.8 Å². The molecule has 3 rings (SSSR count). The third-order valence-electron chi connectivity index (χ3n) is 5.04. The molecule has 0 unspecified atom stereocenters. The van der Waals surface area contributed by atoms with Crippen molar-refractivity contribution in [2.75, 3.05) is 11.9 Å². The van der Waals surface area contributed by atoms with E-state index in [0.29, 0.717) is 15.6 Å². The molecule has 6 nitrogen and oxygen atoms in total. The number of amides is 1. The van der Waals surface area contributed by atoms with Crippen molar-refractivity contribution in [1.82, 2.24) is 0 Å². The number of allylic oxidation sites excluding steroid dienone is 2. The van der Waals surface area contributed by atoms with Gasteiger partial charge in [-0.05, 0) is 51.0 Å². The minimum atomic E-state index is -1.02. The average molecular weight is 412 g/mol. The summed E-state index contributed by atoms with van der Waals surface area (Å²) in [5, 5.41) is 13.2. The predicted octanol–water partition coefficient (Wildman–Crippen LogP) is 3.98. The normalized spacial score (nSPS) is 21.8. The van der Waals surface area contributed by atoms with Crippen LogP contribution in [0.15, 0.2) is 11.1 Å². The smallest absolute Gasteiger partial charge is 0.341 e. The van der Waals surface area contributed by atoms with E-state index in [0.717, 1.165) is 36.1 Å². The highest BCUT2D eigenvalue weighted by Crippen LogP contribution is 2.40. The number of aryl methyl sites for hydroxylation is 1. The fourth-order valence-corrected chi connectivity index (χ4v) is 5.22. The molecular weight excluding hydrogens is 390 g/mol. The van der Waals surface area contributed by atoms with E-state index in [1.165, 1.54) is 11.3 Å². The molecule has 1 aromatic rings. The molecule has 0 aromatic carbocycles. The van der Waals surface area contributed by atoms with Gasteiger partial charge in [-0.2, -0.15) is 0 Å². The van der Waals surface area contributed by atoms with Crippen LogP contribution in [0, 0.1) is 11.8 Å². The highest BCUT2D eigenvalue weighted by Gasteiger charge is 2.37. The van der Waals surface area contributed by atoms with Gasteiger partial charge in [0.05, 0.1) is 24.0 Å². The number of aliphatic carboxylic acids is 1. The lowest BCUT2D eigenvalue weighted by molar-refractivity contribution is -0.146. The van der Waals surface area contributed by atoms with Crippen LogP contribution in [-0.4, -0.2) is 29.6 Å². The Balaban J connectivity index is 1.89. The quantitative estimate of drug-likeness (QED) is 0.715. The van der Waals surface area contributed by atoms with Gasteiger partial charge < -0.3 is 15.2 Å². The molecule has 0 aliphatic heterocycles. The zero-order valence-electron chi connectivity index (χ0n) is 15.0. The Morgan fingerprint density at radius 3 is 2.74 bits per heavy atom. The van der Waals surface area contributed by atoms with Crippen LogP contribution in [0.25, 0.3) is 0 Å². The minimum Gasteiger partial charge on any atom is -0.481 e. The Morgan fingerprint density at radius 1 is 1.30 bits per heavy atom. The second kappa shape index (κ2) is 8.44.